The fourth-order valence-electron chi connectivity index (χ4n) is 3.92. The van der Waals surface area contributed by atoms with Crippen molar-refractivity contribution in [2.45, 2.75) is 45.3 Å². The second-order valence-corrected chi connectivity index (χ2v) is 7.72. The topological polar surface area (TPSA) is 90.5 Å². The van der Waals surface area contributed by atoms with E-state index in [1.165, 1.54) is 4.52 Å². The quantitative estimate of drug-likeness (QED) is 0.564. The van der Waals surface area contributed by atoms with Crippen LogP contribution in [0.2, 0.25) is 0 Å². The third kappa shape index (κ3) is 4.44. The van der Waals surface area contributed by atoms with Crippen LogP contribution >= 0.6 is 0 Å². The second-order valence-electron chi connectivity index (χ2n) is 7.72. The largest absolute Gasteiger partial charge is 0.376 e. The van der Waals surface area contributed by atoms with Crippen molar-refractivity contribution >= 4 is 11.7 Å². The van der Waals surface area contributed by atoms with E-state index in [1.807, 2.05) is 41.8 Å². The van der Waals surface area contributed by atoms with Gasteiger partial charge in [-0.15, -0.1) is 11.7 Å². The molecule has 1 aliphatic heterocycles. The molecule has 8 heteroatoms. The first-order chi connectivity index (χ1) is 15.1. The molecular formula is C23H27N5O3. The number of allylic oxidation sites excluding steroid dienone is 1. The van der Waals surface area contributed by atoms with Gasteiger partial charge in [-0.3, -0.25) is 9.59 Å². The van der Waals surface area contributed by atoms with Gasteiger partial charge in [0.1, 0.15) is 0 Å². The molecule has 1 atom stereocenters. The molecule has 1 aliphatic rings. The molecular weight excluding hydrogens is 394 g/mol. The summed E-state index contributed by atoms with van der Waals surface area (Å²) in [6.45, 7) is 7.46. The molecule has 0 unspecified atom stereocenters. The molecule has 0 spiro atoms. The summed E-state index contributed by atoms with van der Waals surface area (Å²) in [6, 6.07) is 9.54. The molecule has 3 aromatic rings. The minimum atomic E-state index is -0.241. The van der Waals surface area contributed by atoms with Crippen LogP contribution in [-0.4, -0.2) is 44.3 Å². The SMILES string of the molecule is C=CCn1c(C)c(CCC(=O)NC[C@@H]2CCCO2)c(=O)n2nc(-c3ccccc3)nc12. The van der Waals surface area contributed by atoms with Gasteiger partial charge in [0.15, 0.2) is 5.82 Å². The maximum Gasteiger partial charge on any atom is 0.279 e. The van der Waals surface area contributed by atoms with Gasteiger partial charge in [0, 0.05) is 42.9 Å². The van der Waals surface area contributed by atoms with Crippen LogP contribution in [0.5, 0.6) is 0 Å². The third-order valence-electron chi connectivity index (χ3n) is 5.62. The van der Waals surface area contributed by atoms with Gasteiger partial charge in [0.25, 0.3) is 5.56 Å². The van der Waals surface area contributed by atoms with Crippen molar-refractivity contribution in [3.63, 3.8) is 0 Å². The Balaban J connectivity index is 1.61. The molecule has 0 bridgehead atoms. The van der Waals surface area contributed by atoms with E-state index in [4.69, 9.17) is 4.74 Å². The van der Waals surface area contributed by atoms with Crippen molar-refractivity contribution in [2.24, 2.45) is 0 Å². The monoisotopic (exact) mass is 421 g/mol. The molecule has 0 saturated carbocycles. The maximum atomic E-state index is 13.2. The summed E-state index contributed by atoms with van der Waals surface area (Å²) >= 11 is 0. The van der Waals surface area contributed by atoms with Crippen LogP contribution in [0.1, 0.15) is 30.5 Å². The Bertz CT molecular complexity index is 1140. The molecule has 4 rings (SSSR count). The Morgan fingerprint density at radius 1 is 1.35 bits per heavy atom. The number of fused-ring (bicyclic) bond motifs is 1. The van der Waals surface area contributed by atoms with Crippen LogP contribution in [0.3, 0.4) is 0 Å². The Kier molecular flexibility index (Phi) is 6.27. The van der Waals surface area contributed by atoms with Crippen LogP contribution in [0.4, 0.5) is 0 Å². The molecule has 1 aromatic carbocycles. The minimum absolute atomic E-state index is 0.0896. The first-order valence-corrected chi connectivity index (χ1v) is 10.6. The van der Waals surface area contributed by atoms with Gasteiger partial charge in [-0.2, -0.15) is 9.50 Å². The lowest BCUT2D eigenvalue weighted by Gasteiger charge is -2.14. The summed E-state index contributed by atoms with van der Waals surface area (Å²) in [4.78, 5) is 30.1. The van der Waals surface area contributed by atoms with Gasteiger partial charge in [0.05, 0.1) is 6.10 Å². The Morgan fingerprint density at radius 3 is 2.87 bits per heavy atom. The number of hydrogen-bond donors (Lipinski definition) is 1. The fraction of sp³-hybridized carbons (Fsp3) is 0.391. The normalized spacial score (nSPS) is 16.0. The molecule has 1 N–H and O–H groups in total. The molecule has 1 amide bonds. The van der Waals surface area contributed by atoms with E-state index in [2.05, 4.69) is 22.0 Å². The van der Waals surface area contributed by atoms with E-state index in [0.29, 0.717) is 36.7 Å². The average Bonchev–Trinajstić information content (AvgIpc) is 3.46. The standard InChI is InChI=1S/C23H27N5O3/c1-3-13-27-16(2)19(11-12-20(29)24-15-18-10-7-14-31-18)22(30)28-23(27)25-21(26-28)17-8-5-4-6-9-17/h3-6,8-9,18H,1,7,10-15H2,2H3,(H,24,29)/t18-/m0/s1. The smallest absolute Gasteiger partial charge is 0.279 e. The number of carbonyl (C=O) groups is 1. The van der Waals surface area contributed by atoms with Crippen LogP contribution in [0, 0.1) is 6.92 Å². The zero-order valence-corrected chi connectivity index (χ0v) is 17.7. The molecule has 1 saturated heterocycles. The number of amides is 1. The summed E-state index contributed by atoms with van der Waals surface area (Å²) in [5, 5.41) is 7.38. The number of ether oxygens (including phenoxy) is 1. The zero-order valence-electron chi connectivity index (χ0n) is 17.7. The molecule has 1 fully saturated rings. The Labute approximate surface area is 180 Å². The number of hydrogen-bond acceptors (Lipinski definition) is 5. The second kappa shape index (κ2) is 9.26. The highest BCUT2D eigenvalue weighted by Gasteiger charge is 2.20. The van der Waals surface area contributed by atoms with Crippen molar-refractivity contribution < 1.29 is 9.53 Å². The summed E-state index contributed by atoms with van der Waals surface area (Å²) in [5.41, 5.74) is 1.93. The van der Waals surface area contributed by atoms with Crippen LogP contribution in [0.25, 0.3) is 17.2 Å². The van der Waals surface area contributed by atoms with Gasteiger partial charge in [-0.1, -0.05) is 36.4 Å². The van der Waals surface area contributed by atoms with E-state index in [9.17, 15) is 9.59 Å². The predicted octanol–water partition coefficient (Wildman–Crippen LogP) is 2.28. The van der Waals surface area contributed by atoms with Crippen LogP contribution in [-0.2, 0) is 22.5 Å². The highest BCUT2D eigenvalue weighted by molar-refractivity contribution is 5.76. The summed E-state index contributed by atoms with van der Waals surface area (Å²) in [6.07, 6.45) is 4.41. The lowest BCUT2D eigenvalue weighted by molar-refractivity contribution is -0.121. The Hall–Kier alpha value is -3.26. The first-order valence-electron chi connectivity index (χ1n) is 10.6. The molecule has 31 heavy (non-hydrogen) atoms. The lowest BCUT2D eigenvalue weighted by Crippen LogP contribution is -2.33. The summed E-state index contributed by atoms with van der Waals surface area (Å²) in [5.74, 6) is 0.863. The summed E-state index contributed by atoms with van der Waals surface area (Å²) in [7, 11) is 0. The van der Waals surface area contributed by atoms with Gasteiger partial charge in [-0.05, 0) is 26.2 Å². The summed E-state index contributed by atoms with van der Waals surface area (Å²) < 4.78 is 8.78. The van der Waals surface area contributed by atoms with E-state index in [0.717, 1.165) is 30.7 Å². The molecule has 8 nitrogen and oxygen atoms in total. The molecule has 3 heterocycles. The van der Waals surface area contributed by atoms with Gasteiger partial charge in [-0.25, -0.2) is 0 Å². The number of aromatic nitrogens is 4. The van der Waals surface area contributed by atoms with E-state index in [-0.39, 0.29) is 24.0 Å². The molecule has 2 aromatic heterocycles. The van der Waals surface area contributed by atoms with Crippen LogP contribution < -0.4 is 10.9 Å². The van der Waals surface area contributed by atoms with Gasteiger partial charge < -0.3 is 14.6 Å². The van der Waals surface area contributed by atoms with E-state index < -0.39 is 0 Å². The first kappa shape index (κ1) is 21.0. The molecule has 0 aliphatic carbocycles. The number of nitrogens with one attached hydrogen (secondary N) is 1. The third-order valence-corrected chi connectivity index (χ3v) is 5.62. The van der Waals surface area contributed by atoms with Crippen molar-refractivity contribution in [1.82, 2.24) is 24.5 Å². The van der Waals surface area contributed by atoms with Crippen molar-refractivity contribution in [2.75, 3.05) is 13.2 Å². The van der Waals surface area contributed by atoms with Gasteiger partial charge >= 0.3 is 0 Å². The fourth-order valence-corrected chi connectivity index (χ4v) is 3.92. The van der Waals surface area contributed by atoms with E-state index in [1.54, 1.807) is 6.08 Å². The van der Waals surface area contributed by atoms with Crippen LogP contribution in [0.15, 0.2) is 47.8 Å². The highest BCUT2D eigenvalue weighted by atomic mass is 16.5. The van der Waals surface area contributed by atoms with E-state index >= 15 is 0 Å². The molecule has 0 radical (unpaired) electrons. The van der Waals surface area contributed by atoms with Crippen molar-refractivity contribution in [3.05, 3.63) is 64.6 Å². The molecule has 162 valence electrons. The minimum Gasteiger partial charge on any atom is -0.376 e. The number of nitrogens with zero attached hydrogens (tertiary/aromatic N) is 4. The number of carbonyl (C=O) groups excluding carboxylic acids is 1. The van der Waals surface area contributed by atoms with Crippen molar-refractivity contribution in [1.29, 1.82) is 0 Å². The van der Waals surface area contributed by atoms with Crippen molar-refractivity contribution in [3.8, 4) is 11.4 Å². The maximum absolute atomic E-state index is 13.2. The Morgan fingerprint density at radius 2 is 2.16 bits per heavy atom. The number of rotatable bonds is 8. The van der Waals surface area contributed by atoms with Gasteiger partial charge in [0.2, 0.25) is 11.7 Å². The zero-order chi connectivity index (χ0) is 21.8. The lowest BCUT2D eigenvalue weighted by atomic mass is 10.1. The number of benzene rings is 1. The predicted molar refractivity (Wildman–Crippen MR) is 118 cm³/mol. The average molecular weight is 422 g/mol. The highest BCUT2D eigenvalue weighted by Crippen LogP contribution is 2.17.